The van der Waals surface area contributed by atoms with Crippen LogP contribution in [-0.2, 0) is 9.47 Å². The summed E-state index contributed by atoms with van der Waals surface area (Å²) in [7, 11) is 0. The average molecular weight is 478 g/mol. The minimum absolute atomic E-state index is 0.0197. The normalized spacial score (nSPS) is 13.6. The highest BCUT2D eigenvalue weighted by Gasteiger charge is 2.28. The number of nitrogens with one attached hydrogen (secondary N) is 1. The molecule has 1 aromatic carbocycles. The molecule has 3 rings (SSSR count). The molecule has 0 atom stereocenters. The molecule has 0 amide bonds. The van der Waals surface area contributed by atoms with Crippen molar-refractivity contribution in [2.75, 3.05) is 62.8 Å². The Morgan fingerprint density at radius 3 is 2.03 bits per heavy atom. The Kier molecular flexibility index (Phi) is 8.91. The first kappa shape index (κ1) is 24.8. The minimum Gasteiger partial charge on any atom is -0.418 e. The van der Waals surface area contributed by atoms with Gasteiger partial charge in [-0.25, -0.2) is 13.2 Å². The third-order valence-corrected chi connectivity index (χ3v) is 4.52. The lowest BCUT2D eigenvalue weighted by molar-refractivity contribution is 0.0547. The summed E-state index contributed by atoms with van der Waals surface area (Å²) in [6.07, 6.45) is 1.75. The number of aromatic nitrogens is 3. The van der Waals surface area contributed by atoms with Crippen molar-refractivity contribution in [3.63, 3.8) is 0 Å². The van der Waals surface area contributed by atoms with Crippen LogP contribution >= 0.6 is 0 Å². The molecule has 2 aromatic rings. The Morgan fingerprint density at radius 2 is 1.39 bits per heavy atom. The van der Waals surface area contributed by atoms with Gasteiger partial charge in [-0.05, 0) is 12.8 Å². The monoisotopic (exact) mass is 478 g/mol. The number of anilines is 2. The van der Waals surface area contributed by atoms with Crippen LogP contribution in [-0.4, -0.2) is 67.6 Å². The van der Waals surface area contributed by atoms with Crippen molar-refractivity contribution in [1.82, 2.24) is 15.0 Å². The van der Waals surface area contributed by atoms with Crippen LogP contribution in [0.25, 0.3) is 0 Å². The summed E-state index contributed by atoms with van der Waals surface area (Å²) in [6, 6.07) is -0.631. The van der Waals surface area contributed by atoms with E-state index in [2.05, 4.69) is 20.3 Å². The molecule has 2 heterocycles. The lowest BCUT2D eigenvalue weighted by Gasteiger charge is -2.17. The van der Waals surface area contributed by atoms with Crippen molar-refractivity contribution in [2.24, 2.45) is 5.73 Å². The number of hydrogen-bond acceptors (Lipinski definition) is 9. The maximum absolute atomic E-state index is 14.0. The second kappa shape index (κ2) is 11.9. The number of nitrogens with two attached hydrogens (primary N) is 1. The molecule has 14 heteroatoms. The van der Waals surface area contributed by atoms with Crippen LogP contribution in [0.1, 0.15) is 12.8 Å². The predicted octanol–water partition coefficient (Wildman–Crippen LogP) is 2.36. The Labute approximate surface area is 186 Å². The van der Waals surface area contributed by atoms with Crippen LogP contribution in [0.5, 0.6) is 11.8 Å². The van der Waals surface area contributed by atoms with E-state index < -0.39 is 40.8 Å². The average Bonchev–Trinajstić information content (AvgIpc) is 3.36. The van der Waals surface area contributed by atoms with Crippen molar-refractivity contribution >= 4 is 11.9 Å². The Balaban J connectivity index is 1.73. The Morgan fingerprint density at radius 1 is 0.788 bits per heavy atom. The Hall–Kier alpha value is -2.84. The number of halogens is 5. The summed E-state index contributed by atoms with van der Waals surface area (Å²) in [6.45, 7) is 3.31. The zero-order valence-electron chi connectivity index (χ0n) is 17.6. The van der Waals surface area contributed by atoms with Gasteiger partial charge in [-0.1, -0.05) is 0 Å². The minimum atomic E-state index is -2.29. The second-order valence-electron chi connectivity index (χ2n) is 6.88. The van der Waals surface area contributed by atoms with E-state index in [-0.39, 0.29) is 25.0 Å². The van der Waals surface area contributed by atoms with E-state index in [1.54, 1.807) is 4.90 Å². The fraction of sp³-hybridized carbons (Fsp3) is 0.526. The topological polar surface area (TPSA) is 108 Å². The summed E-state index contributed by atoms with van der Waals surface area (Å²) < 4.78 is 83.8. The second-order valence-corrected chi connectivity index (χ2v) is 6.88. The van der Waals surface area contributed by atoms with Gasteiger partial charge in [0.25, 0.3) is 0 Å². The van der Waals surface area contributed by atoms with Crippen molar-refractivity contribution in [2.45, 2.75) is 12.8 Å². The highest BCUT2D eigenvalue weighted by Crippen LogP contribution is 2.32. The van der Waals surface area contributed by atoms with Gasteiger partial charge >= 0.3 is 6.01 Å². The van der Waals surface area contributed by atoms with Gasteiger partial charge in [-0.2, -0.15) is 23.7 Å². The molecular formula is C19H23F5N6O3. The predicted molar refractivity (Wildman–Crippen MR) is 107 cm³/mol. The van der Waals surface area contributed by atoms with Crippen LogP contribution in [0.15, 0.2) is 0 Å². The van der Waals surface area contributed by atoms with E-state index in [9.17, 15) is 22.0 Å². The lowest BCUT2D eigenvalue weighted by atomic mass is 10.2. The van der Waals surface area contributed by atoms with E-state index in [1.165, 1.54) is 0 Å². The van der Waals surface area contributed by atoms with Gasteiger partial charge in [0.15, 0.2) is 0 Å². The van der Waals surface area contributed by atoms with Crippen molar-refractivity contribution < 1.29 is 36.2 Å². The summed E-state index contributed by atoms with van der Waals surface area (Å²) >= 11 is 0. The number of ether oxygens (including phenoxy) is 3. The first-order valence-corrected chi connectivity index (χ1v) is 10.2. The quantitative estimate of drug-likeness (QED) is 0.206. The molecule has 0 radical (unpaired) electrons. The zero-order valence-corrected chi connectivity index (χ0v) is 17.6. The summed E-state index contributed by atoms with van der Waals surface area (Å²) in [5.41, 5.74) is 5.31. The fourth-order valence-electron chi connectivity index (χ4n) is 2.94. The van der Waals surface area contributed by atoms with Gasteiger partial charge < -0.3 is 30.2 Å². The number of hydrogen-bond donors (Lipinski definition) is 2. The zero-order chi connectivity index (χ0) is 23.8. The number of benzene rings is 1. The molecule has 0 spiro atoms. The van der Waals surface area contributed by atoms with E-state index in [0.29, 0.717) is 39.5 Å². The molecule has 1 fully saturated rings. The van der Waals surface area contributed by atoms with Gasteiger partial charge in [0.2, 0.25) is 46.7 Å². The molecule has 3 N–H and O–H groups in total. The molecule has 9 nitrogen and oxygen atoms in total. The highest BCUT2D eigenvalue weighted by molar-refractivity contribution is 5.40. The third-order valence-electron chi connectivity index (χ3n) is 4.52. The van der Waals surface area contributed by atoms with Crippen LogP contribution in [0, 0.1) is 29.1 Å². The standard InChI is InChI=1S/C19H23F5N6O3/c20-11-12(21)14(23)16(15(24)13(11)22)33-19-28-17(26-4-8-32-10-9-31-7-3-25)27-18(29-19)30-5-1-2-6-30/h1-10,25H2,(H,26,27,28,29). The molecule has 0 bridgehead atoms. The van der Waals surface area contributed by atoms with E-state index in [0.717, 1.165) is 12.8 Å². The maximum Gasteiger partial charge on any atom is 0.328 e. The largest absolute Gasteiger partial charge is 0.418 e. The third kappa shape index (κ3) is 6.36. The number of rotatable bonds is 12. The van der Waals surface area contributed by atoms with Gasteiger partial charge in [0, 0.05) is 26.2 Å². The SMILES string of the molecule is NCCOCCOCCNc1nc(Oc2c(F)c(F)c(F)c(F)c2F)nc(N2CCCC2)n1. The summed E-state index contributed by atoms with van der Waals surface area (Å²) in [4.78, 5) is 13.9. The van der Waals surface area contributed by atoms with Crippen LogP contribution in [0.4, 0.5) is 33.8 Å². The molecule has 1 aliphatic rings. The van der Waals surface area contributed by atoms with Crippen LogP contribution in [0.2, 0.25) is 0 Å². The van der Waals surface area contributed by atoms with Crippen molar-refractivity contribution in [3.8, 4) is 11.8 Å². The summed E-state index contributed by atoms with van der Waals surface area (Å²) in [5, 5.41) is 2.85. The van der Waals surface area contributed by atoms with Gasteiger partial charge in [0.1, 0.15) is 0 Å². The Bertz CT molecular complexity index is 920. The molecule has 0 saturated carbocycles. The molecule has 1 aromatic heterocycles. The molecular weight excluding hydrogens is 455 g/mol. The molecule has 0 unspecified atom stereocenters. The van der Waals surface area contributed by atoms with E-state index >= 15 is 0 Å². The van der Waals surface area contributed by atoms with E-state index in [4.69, 9.17) is 19.9 Å². The molecule has 1 aliphatic heterocycles. The highest BCUT2D eigenvalue weighted by atomic mass is 19.2. The van der Waals surface area contributed by atoms with Gasteiger partial charge in [-0.15, -0.1) is 0 Å². The maximum atomic E-state index is 14.0. The van der Waals surface area contributed by atoms with Crippen molar-refractivity contribution in [1.29, 1.82) is 0 Å². The molecule has 1 saturated heterocycles. The first-order valence-electron chi connectivity index (χ1n) is 10.2. The summed E-state index contributed by atoms with van der Waals surface area (Å²) in [5.74, 6) is -12.2. The van der Waals surface area contributed by atoms with Gasteiger partial charge in [-0.3, -0.25) is 0 Å². The van der Waals surface area contributed by atoms with Crippen LogP contribution in [0.3, 0.4) is 0 Å². The van der Waals surface area contributed by atoms with E-state index in [1.807, 2.05) is 0 Å². The molecule has 0 aliphatic carbocycles. The lowest BCUT2D eigenvalue weighted by Crippen LogP contribution is -2.22. The van der Waals surface area contributed by atoms with Crippen LogP contribution < -0.4 is 20.7 Å². The first-order chi connectivity index (χ1) is 15.9. The molecule has 182 valence electrons. The smallest absolute Gasteiger partial charge is 0.328 e. The fourth-order valence-corrected chi connectivity index (χ4v) is 2.94. The van der Waals surface area contributed by atoms with Crippen molar-refractivity contribution in [3.05, 3.63) is 29.1 Å². The molecule has 33 heavy (non-hydrogen) atoms. The number of nitrogens with zero attached hydrogens (tertiary/aromatic N) is 4. The van der Waals surface area contributed by atoms with Gasteiger partial charge in [0.05, 0.1) is 26.4 Å².